The third kappa shape index (κ3) is 2.91. The van der Waals surface area contributed by atoms with Crippen LogP contribution in [0.2, 0.25) is 0 Å². The Morgan fingerprint density at radius 1 is 1.47 bits per heavy atom. The summed E-state index contributed by atoms with van der Waals surface area (Å²) < 4.78 is 0. The van der Waals surface area contributed by atoms with Crippen molar-refractivity contribution in [2.75, 3.05) is 0 Å². The molecule has 0 amide bonds. The van der Waals surface area contributed by atoms with Gasteiger partial charge in [0.2, 0.25) is 0 Å². The number of nitrogens with zero attached hydrogens (tertiary/aromatic N) is 2. The summed E-state index contributed by atoms with van der Waals surface area (Å²) in [5, 5.41) is 9.12. The smallest absolute Gasteiger partial charge is 0.153 e. The van der Waals surface area contributed by atoms with Gasteiger partial charge in [-0.15, -0.1) is 0 Å². The number of carbonyl (C=O) groups is 1. The summed E-state index contributed by atoms with van der Waals surface area (Å²) in [6.07, 6.45) is 6.31. The molecule has 1 aromatic rings. The van der Waals surface area contributed by atoms with Crippen LogP contribution in [0, 0.1) is 23.2 Å². The Bertz CT molecular complexity index is 416. The first kappa shape index (κ1) is 11.8. The lowest BCUT2D eigenvalue weighted by molar-refractivity contribution is -0.125. The summed E-state index contributed by atoms with van der Waals surface area (Å²) >= 11 is 0. The highest BCUT2D eigenvalue weighted by Gasteiger charge is 2.29. The predicted molar refractivity (Wildman–Crippen MR) is 64.0 cm³/mol. The Hall–Kier alpha value is -1.69. The van der Waals surface area contributed by atoms with Crippen molar-refractivity contribution < 1.29 is 4.79 Å². The fourth-order valence-corrected chi connectivity index (χ4v) is 2.43. The molecule has 0 aromatic carbocycles. The molecule has 88 valence electrons. The van der Waals surface area contributed by atoms with E-state index in [1.165, 1.54) is 0 Å². The molecule has 0 spiro atoms. The second kappa shape index (κ2) is 5.58. The van der Waals surface area contributed by atoms with E-state index in [1.54, 1.807) is 6.20 Å². The van der Waals surface area contributed by atoms with Gasteiger partial charge in [-0.05, 0) is 25.0 Å². The number of pyridine rings is 1. The SMILES string of the molecule is N#CC(Cc1ccccn1)C(=O)C1CCCC1. The summed E-state index contributed by atoms with van der Waals surface area (Å²) in [7, 11) is 0. The number of Topliss-reactive ketones (excluding diaryl/α,β-unsaturated/α-hetero) is 1. The lowest BCUT2D eigenvalue weighted by Crippen LogP contribution is -2.22. The zero-order valence-electron chi connectivity index (χ0n) is 9.80. The molecule has 1 aromatic heterocycles. The molecule has 1 unspecified atom stereocenters. The summed E-state index contributed by atoms with van der Waals surface area (Å²) in [6, 6.07) is 7.73. The first-order valence-corrected chi connectivity index (χ1v) is 6.14. The second-order valence-corrected chi connectivity index (χ2v) is 4.59. The van der Waals surface area contributed by atoms with Crippen LogP contribution in [0.5, 0.6) is 0 Å². The van der Waals surface area contributed by atoms with Crippen molar-refractivity contribution in [1.29, 1.82) is 5.26 Å². The van der Waals surface area contributed by atoms with Gasteiger partial charge in [-0.1, -0.05) is 18.9 Å². The number of rotatable bonds is 4. The molecular weight excluding hydrogens is 212 g/mol. The first-order valence-electron chi connectivity index (χ1n) is 6.14. The monoisotopic (exact) mass is 228 g/mol. The summed E-state index contributed by atoms with van der Waals surface area (Å²) in [5.41, 5.74) is 0.824. The van der Waals surface area contributed by atoms with E-state index in [0.717, 1.165) is 31.4 Å². The van der Waals surface area contributed by atoms with Gasteiger partial charge < -0.3 is 0 Å². The maximum atomic E-state index is 12.1. The van der Waals surface area contributed by atoms with Crippen molar-refractivity contribution in [2.45, 2.75) is 32.1 Å². The van der Waals surface area contributed by atoms with Crippen molar-refractivity contribution >= 4 is 5.78 Å². The minimum absolute atomic E-state index is 0.114. The fourth-order valence-electron chi connectivity index (χ4n) is 2.43. The maximum Gasteiger partial charge on any atom is 0.153 e. The van der Waals surface area contributed by atoms with Crippen LogP contribution in [-0.4, -0.2) is 10.8 Å². The number of hydrogen-bond donors (Lipinski definition) is 0. The van der Waals surface area contributed by atoms with Gasteiger partial charge in [-0.25, -0.2) is 0 Å². The van der Waals surface area contributed by atoms with Crippen LogP contribution in [-0.2, 0) is 11.2 Å². The van der Waals surface area contributed by atoms with Crippen molar-refractivity contribution in [3.63, 3.8) is 0 Å². The topological polar surface area (TPSA) is 53.8 Å². The van der Waals surface area contributed by atoms with Gasteiger partial charge in [0.25, 0.3) is 0 Å². The minimum atomic E-state index is -0.520. The van der Waals surface area contributed by atoms with E-state index in [9.17, 15) is 4.79 Å². The summed E-state index contributed by atoms with van der Waals surface area (Å²) in [6.45, 7) is 0. The van der Waals surface area contributed by atoms with Crippen LogP contribution in [0.3, 0.4) is 0 Å². The summed E-state index contributed by atoms with van der Waals surface area (Å²) in [5.74, 6) is -0.285. The molecule has 0 saturated heterocycles. The van der Waals surface area contributed by atoms with Crippen molar-refractivity contribution in [3.8, 4) is 6.07 Å². The molecule has 0 aliphatic heterocycles. The first-order chi connectivity index (χ1) is 8.31. The fraction of sp³-hybridized carbons (Fsp3) is 0.500. The Balaban J connectivity index is 2.02. The van der Waals surface area contributed by atoms with Crippen LogP contribution >= 0.6 is 0 Å². The number of aromatic nitrogens is 1. The van der Waals surface area contributed by atoms with Crippen LogP contribution < -0.4 is 0 Å². The van der Waals surface area contributed by atoms with E-state index in [0.29, 0.717) is 6.42 Å². The molecule has 3 heteroatoms. The van der Waals surface area contributed by atoms with E-state index in [1.807, 2.05) is 18.2 Å². The third-order valence-corrected chi connectivity index (χ3v) is 3.40. The van der Waals surface area contributed by atoms with Crippen molar-refractivity contribution in [2.24, 2.45) is 11.8 Å². The average Bonchev–Trinajstić information content (AvgIpc) is 2.90. The van der Waals surface area contributed by atoms with Crippen LogP contribution in [0.4, 0.5) is 0 Å². The predicted octanol–water partition coefficient (Wildman–Crippen LogP) is 2.52. The standard InChI is InChI=1S/C14H16N2O/c15-10-12(9-13-7-3-4-8-16-13)14(17)11-5-1-2-6-11/h3-4,7-8,11-12H,1-2,5-6,9H2. The normalized spacial score (nSPS) is 17.6. The molecule has 17 heavy (non-hydrogen) atoms. The highest BCUT2D eigenvalue weighted by Crippen LogP contribution is 2.28. The molecule has 1 heterocycles. The van der Waals surface area contributed by atoms with E-state index >= 15 is 0 Å². The molecule has 0 radical (unpaired) electrons. The highest BCUT2D eigenvalue weighted by molar-refractivity contribution is 5.86. The van der Waals surface area contributed by atoms with Crippen LogP contribution in [0.25, 0.3) is 0 Å². The van der Waals surface area contributed by atoms with Crippen molar-refractivity contribution in [1.82, 2.24) is 4.98 Å². The maximum absolute atomic E-state index is 12.1. The van der Waals surface area contributed by atoms with Gasteiger partial charge in [-0.2, -0.15) is 5.26 Å². The minimum Gasteiger partial charge on any atom is -0.298 e. The molecule has 0 bridgehead atoms. The lowest BCUT2D eigenvalue weighted by Gasteiger charge is -2.12. The van der Waals surface area contributed by atoms with Crippen LogP contribution in [0.1, 0.15) is 31.4 Å². The van der Waals surface area contributed by atoms with Gasteiger partial charge in [0, 0.05) is 24.2 Å². The number of hydrogen-bond acceptors (Lipinski definition) is 3. The molecule has 2 rings (SSSR count). The Morgan fingerprint density at radius 3 is 2.82 bits per heavy atom. The van der Waals surface area contributed by atoms with E-state index in [-0.39, 0.29) is 11.7 Å². The largest absolute Gasteiger partial charge is 0.298 e. The second-order valence-electron chi connectivity index (χ2n) is 4.59. The Labute approximate surface area is 101 Å². The van der Waals surface area contributed by atoms with Crippen LogP contribution in [0.15, 0.2) is 24.4 Å². The molecule has 1 fully saturated rings. The van der Waals surface area contributed by atoms with Gasteiger partial charge in [-0.3, -0.25) is 9.78 Å². The molecule has 1 aliphatic rings. The van der Waals surface area contributed by atoms with Gasteiger partial charge in [0.05, 0.1) is 6.07 Å². The van der Waals surface area contributed by atoms with Gasteiger partial charge in [0.1, 0.15) is 5.92 Å². The molecule has 1 aliphatic carbocycles. The third-order valence-electron chi connectivity index (χ3n) is 3.40. The van der Waals surface area contributed by atoms with Crippen molar-refractivity contribution in [3.05, 3.63) is 30.1 Å². The molecule has 3 nitrogen and oxygen atoms in total. The van der Waals surface area contributed by atoms with E-state index in [2.05, 4.69) is 11.1 Å². The average molecular weight is 228 g/mol. The molecule has 1 atom stereocenters. The van der Waals surface area contributed by atoms with Gasteiger partial charge in [0.15, 0.2) is 5.78 Å². The number of ketones is 1. The quantitative estimate of drug-likeness (QED) is 0.795. The molecule has 1 saturated carbocycles. The zero-order valence-corrected chi connectivity index (χ0v) is 9.80. The number of nitriles is 1. The van der Waals surface area contributed by atoms with E-state index in [4.69, 9.17) is 5.26 Å². The molecular formula is C14H16N2O. The highest BCUT2D eigenvalue weighted by atomic mass is 16.1. The molecule has 0 N–H and O–H groups in total. The Morgan fingerprint density at radius 2 is 2.24 bits per heavy atom. The summed E-state index contributed by atoms with van der Waals surface area (Å²) in [4.78, 5) is 16.3. The van der Waals surface area contributed by atoms with Gasteiger partial charge >= 0.3 is 0 Å². The Kier molecular flexibility index (Phi) is 3.87. The lowest BCUT2D eigenvalue weighted by atomic mass is 9.89. The number of carbonyl (C=O) groups excluding carboxylic acids is 1. The van der Waals surface area contributed by atoms with E-state index < -0.39 is 5.92 Å². The zero-order chi connectivity index (χ0) is 12.1.